The summed E-state index contributed by atoms with van der Waals surface area (Å²) in [6.07, 6.45) is 3.51. The van der Waals surface area contributed by atoms with E-state index in [0.29, 0.717) is 0 Å². The first kappa shape index (κ1) is 40.3. The molecule has 1 aromatic heterocycles. The summed E-state index contributed by atoms with van der Waals surface area (Å²) in [5.41, 5.74) is 27.2. The number of aromatic nitrogens is 1. The van der Waals surface area contributed by atoms with Gasteiger partial charge in [0.2, 0.25) is 0 Å². The summed E-state index contributed by atoms with van der Waals surface area (Å²) in [5, 5.41) is 2.56. The second-order valence-electron chi connectivity index (χ2n) is 22.9. The van der Waals surface area contributed by atoms with E-state index in [-0.39, 0.29) is 27.7 Å². The summed E-state index contributed by atoms with van der Waals surface area (Å²) in [5.74, 6) is 0. The van der Waals surface area contributed by atoms with E-state index in [1.807, 2.05) is 0 Å². The van der Waals surface area contributed by atoms with Crippen molar-refractivity contribution in [1.29, 1.82) is 0 Å². The lowest BCUT2D eigenvalue weighted by Crippen LogP contribution is -2.43. The maximum Gasteiger partial charge on any atom is 0.0653 e. The number of anilines is 7. The van der Waals surface area contributed by atoms with E-state index < -0.39 is 0 Å². The fourth-order valence-electron chi connectivity index (χ4n) is 14.4. The highest BCUT2D eigenvalue weighted by Gasteiger charge is 2.51. The lowest BCUT2D eigenvalue weighted by molar-refractivity contribution is 0.571. The summed E-state index contributed by atoms with van der Waals surface area (Å²) in [7, 11) is 0. The van der Waals surface area contributed by atoms with Gasteiger partial charge < -0.3 is 19.3 Å². The number of fused-ring (bicyclic) bond motifs is 13. The Morgan fingerprint density at radius 3 is 1.51 bits per heavy atom. The number of benzene rings is 8. The van der Waals surface area contributed by atoms with Gasteiger partial charge in [0.1, 0.15) is 0 Å². The van der Waals surface area contributed by atoms with Crippen LogP contribution in [0.4, 0.5) is 39.8 Å². The minimum atomic E-state index is -0.251. The third-order valence-corrected chi connectivity index (χ3v) is 18.0. The Hall–Kier alpha value is -7.56. The number of allylic oxidation sites excluding steroid dienone is 2. The zero-order valence-electron chi connectivity index (χ0n) is 41.3. The highest BCUT2D eigenvalue weighted by atomic mass is 15.2. The molecule has 0 saturated heterocycles. The molecule has 6 heterocycles. The smallest absolute Gasteiger partial charge is 0.0653 e. The molecule has 0 radical (unpaired) electrons. The number of hydrogen-bond acceptors (Lipinski definition) is 3. The third kappa shape index (κ3) is 4.82. The zero-order chi connectivity index (χ0) is 47.4. The molecule has 8 aromatic carbocycles. The maximum absolute atomic E-state index is 2.68. The van der Waals surface area contributed by atoms with E-state index in [9.17, 15) is 0 Å². The van der Waals surface area contributed by atoms with Crippen molar-refractivity contribution in [3.8, 4) is 5.69 Å². The van der Waals surface area contributed by atoms with Crippen molar-refractivity contribution in [3.05, 3.63) is 232 Å². The highest BCUT2D eigenvalue weighted by molar-refractivity contribution is 6.15. The highest BCUT2D eigenvalue weighted by Crippen LogP contribution is 2.64. The molecule has 1 aliphatic carbocycles. The van der Waals surface area contributed by atoms with E-state index in [2.05, 4.69) is 251 Å². The topological polar surface area (TPSA) is 14.7 Å². The van der Waals surface area contributed by atoms with Crippen LogP contribution in [0, 0.1) is 0 Å². The van der Waals surface area contributed by atoms with Crippen molar-refractivity contribution in [2.24, 2.45) is 0 Å². The molecule has 9 aromatic rings. The molecule has 6 aliphatic rings. The fraction of sp³-hybridized carbons (Fsp3) is 0.212. The van der Waals surface area contributed by atoms with Crippen LogP contribution in [0.2, 0.25) is 0 Å². The van der Waals surface area contributed by atoms with E-state index in [0.717, 1.165) is 6.42 Å². The normalized spacial score (nSPS) is 19.6. The molecule has 1 atom stereocenters. The lowest BCUT2D eigenvalue weighted by atomic mass is 9.64. The SMILES string of the molecule is CC1(C)C2=C(CC3C(=C2)c2cc4c(cc2N3c2ccccc2)c2cc3c(cc2n4-c2ccccc2)N2c4ccccc4C(C)(C)c4cccc(c42)C3(C)C)N2c3ccccc3C(C)(C)c3cccc1c32. The van der Waals surface area contributed by atoms with Crippen LogP contribution >= 0.6 is 0 Å². The Kier molecular flexibility index (Phi) is 7.60. The average molecular weight is 905 g/mol. The van der Waals surface area contributed by atoms with Gasteiger partial charge in [-0.15, -0.1) is 0 Å². The molecule has 5 aliphatic heterocycles. The van der Waals surface area contributed by atoms with Gasteiger partial charge in [0.15, 0.2) is 0 Å². The van der Waals surface area contributed by atoms with Crippen LogP contribution in [0.3, 0.4) is 0 Å². The minimum absolute atomic E-state index is 0.103. The van der Waals surface area contributed by atoms with Crippen molar-refractivity contribution in [2.45, 2.75) is 89.5 Å². The monoisotopic (exact) mass is 904 g/mol. The lowest BCUT2D eigenvalue weighted by Gasteiger charge is -2.51. The molecule has 0 saturated carbocycles. The van der Waals surface area contributed by atoms with Gasteiger partial charge in [0.25, 0.3) is 0 Å². The second-order valence-corrected chi connectivity index (χ2v) is 22.9. The summed E-state index contributed by atoms with van der Waals surface area (Å²) < 4.78 is 2.56. The molecule has 340 valence electrons. The van der Waals surface area contributed by atoms with Gasteiger partial charge >= 0.3 is 0 Å². The average Bonchev–Trinajstić information content (AvgIpc) is 3.85. The van der Waals surface area contributed by atoms with E-state index in [1.54, 1.807) is 0 Å². The first-order valence-electron chi connectivity index (χ1n) is 25.4. The standard InChI is InChI=1S/C66H56N4/c1-63(2)45-25-15-17-31-53(45)69-59-37-57-41(33-51(59)65(5,6)49-29-19-27-47(63)61(49)69)43-35-56-44(36-55(43)67(57)39-21-11-9-12-22-39)42-34-52-60(38-58(42)68(56)40-23-13-10-14-24-40)70-54-32-18-16-26-46(54)64(3,4)48-28-20-30-50(62(48)70)66(52,7)8/h9-37,58H,38H2,1-8H3. The van der Waals surface area contributed by atoms with Gasteiger partial charge in [-0.05, 0) is 111 Å². The Labute approximate surface area is 411 Å². The van der Waals surface area contributed by atoms with Crippen LogP contribution in [0.15, 0.2) is 187 Å². The molecular formula is C66H56N4. The van der Waals surface area contributed by atoms with E-state index in [1.165, 1.54) is 129 Å². The predicted octanol–water partition coefficient (Wildman–Crippen LogP) is 16.9. The molecule has 4 nitrogen and oxygen atoms in total. The molecule has 0 fully saturated rings. The Balaban J connectivity index is 1.01. The van der Waals surface area contributed by atoms with Gasteiger partial charge in [0, 0.05) is 67.2 Å². The van der Waals surface area contributed by atoms with Crippen LogP contribution in [-0.2, 0) is 21.7 Å². The molecule has 1 unspecified atom stereocenters. The van der Waals surface area contributed by atoms with Crippen LogP contribution in [0.25, 0.3) is 33.1 Å². The number of nitrogens with zero attached hydrogens (tertiary/aromatic N) is 4. The predicted molar refractivity (Wildman–Crippen MR) is 292 cm³/mol. The van der Waals surface area contributed by atoms with Gasteiger partial charge in [-0.25, -0.2) is 0 Å². The number of para-hydroxylation sites is 6. The summed E-state index contributed by atoms with van der Waals surface area (Å²) in [6.45, 7) is 19.4. The van der Waals surface area contributed by atoms with Crippen LogP contribution in [-0.4, -0.2) is 10.6 Å². The number of rotatable bonds is 2. The maximum atomic E-state index is 2.68. The summed E-state index contributed by atoms with van der Waals surface area (Å²) in [6, 6.07) is 65.0. The fourth-order valence-corrected chi connectivity index (χ4v) is 14.4. The van der Waals surface area contributed by atoms with E-state index in [4.69, 9.17) is 0 Å². The van der Waals surface area contributed by atoms with Crippen LogP contribution in [0.1, 0.15) is 106 Å². The molecule has 4 heteroatoms. The van der Waals surface area contributed by atoms with Gasteiger partial charge in [-0.3, -0.25) is 0 Å². The molecule has 0 N–H and O–H groups in total. The molecule has 15 rings (SSSR count). The van der Waals surface area contributed by atoms with Gasteiger partial charge in [-0.1, -0.05) is 171 Å². The Morgan fingerprint density at radius 1 is 0.400 bits per heavy atom. The minimum Gasteiger partial charge on any atom is -0.333 e. The van der Waals surface area contributed by atoms with Crippen molar-refractivity contribution in [3.63, 3.8) is 0 Å². The van der Waals surface area contributed by atoms with Crippen LogP contribution < -0.4 is 14.7 Å². The first-order chi connectivity index (χ1) is 33.8. The molecule has 70 heavy (non-hydrogen) atoms. The third-order valence-electron chi connectivity index (χ3n) is 18.0. The van der Waals surface area contributed by atoms with Crippen molar-refractivity contribution in [2.75, 3.05) is 14.7 Å². The van der Waals surface area contributed by atoms with Gasteiger partial charge in [-0.2, -0.15) is 0 Å². The zero-order valence-corrected chi connectivity index (χ0v) is 41.3. The van der Waals surface area contributed by atoms with Crippen LogP contribution in [0.5, 0.6) is 0 Å². The van der Waals surface area contributed by atoms with Crippen molar-refractivity contribution < 1.29 is 0 Å². The van der Waals surface area contributed by atoms with Gasteiger partial charge in [0.05, 0.1) is 45.5 Å². The second kappa shape index (κ2) is 13.2. The molecular weight excluding hydrogens is 849 g/mol. The molecule has 0 amide bonds. The summed E-state index contributed by atoms with van der Waals surface area (Å²) >= 11 is 0. The Morgan fingerprint density at radius 2 is 0.886 bits per heavy atom. The first-order valence-corrected chi connectivity index (χ1v) is 25.4. The number of hydrogen-bond donors (Lipinski definition) is 0. The van der Waals surface area contributed by atoms with Crippen molar-refractivity contribution >= 4 is 67.2 Å². The van der Waals surface area contributed by atoms with E-state index >= 15 is 0 Å². The quantitative estimate of drug-likeness (QED) is 0.172. The summed E-state index contributed by atoms with van der Waals surface area (Å²) in [4.78, 5) is 7.95. The van der Waals surface area contributed by atoms with Crippen molar-refractivity contribution in [1.82, 2.24) is 4.57 Å². The largest absolute Gasteiger partial charge is 0.333 e. The molecule has 0 spiro atoms. The Bertz CT molecular complexity index is 3880. The molecule has 0 bridgehead atoms.